The smallest absolute Gasteiger partial charge is 0.545 e. The zero-order valence-corrected chi connectivity index (χ0v) is 20.6. The molecule has 4 aromatic carbocycles. The molecule has 0 saturated heterocycles. The number of carbonyl (C=O) groups excluding carboxylic acids is 2. The summed E-state index contributed by atoms with van der Waals surface area (Å²) in [5.74, 6) is -0.637. The van der Waals surface area contributed by atoms with Crippen LogP contribution in [0.3, 0.4) is 0 Å². The van der Waals surface area contributed by atoms with Crippen LogP contribution in [0.5, 0.6) is 11.5 Å². The summed E-state index contributed by atoms with van der Waals surface area (Å²) in [4.78, 5) is 23.7. The molecule has 164 valence electrons. The third-order valence-electron chi connectivity index (χ3n) is 4.86. The number of carboxylic acids is 1. The van der Waals surface area contributed by atoms with Crippen LogP contribution in [0.4, 0.5) is 10.5 Å². The van der Waals surface area contributed by atoms with Crippen LogP contribution in [0.25, 0.3) is 11.1 Å². The molecule has 4 rings (SSSR count). The summed E-state index contributed by atoms with van der Waals surface area (Å²) in [7, 11) is 0. The molecule has 0 radical (unpaired) electrons. The fourth-order valence-corrected chi connectivity index (χ4v) is 3.22. The van der Waals surface area contributed by atoms with Gasteiger partial charge in [-0.05, 0) is 53.1 Å². The number of carbonyl (C=O) groups is 2. The van der Waals surface area contributed by atoms with E-state index in [0.717, 1.165) is 11.1 Å². The summed E-state index contributed by atoms with van der Waals surface area (Å²) in [5.41, 5.74) is 2.90. The van der Waals surface area contributed by atoms with Crippen molar-refractivity contribution in [2.24, 2.45) is 0 Å². The zero-order valence-electron chi connectivity index (χ0n) is 18.6. The van der Waals surface area contributed by atoms with Crippen molar-refractivity contribution in [2.75, 3.05) is 5.32 Å². The van der Waals surface area contributed by atoms with Crippen molar-refractivity contribution in [3.8, 4) is 22.6 Å². The van der Waals surface area contributed by atoms with E-state index in [2.05, 4.69) is 5.32 Å². The van der Waals surface area contributed by atoms with E-state index in [0.29, 0.717) is 17.0 Å². The van der Waals surface area contributed by atoms with Crippen LogP contribution in [0.1, 0.15) is 15.9 Å². The number of benzene rings is 4. The fourth-order valence-electron chi connectivity index (χ4n) is 3.22. The average Bonchev–Trinajstić information content (AvgIpc) is 2.84. The van der Waals surface area contributed by atoms with Gasteiger partial charge in [-0.15, -0.1) is 0 Å². The van der Waals surface area contributed by atoms with Crippen molar-refractivity contribution in [3.63, 3.8) is 0 Å². The Balaban J connectivity index is 0.00000324. The van der Waals surface area contributed by atoms with Gasteiger partial charge in [0, 0.05) is 11.3 Å². The summed E-state index contributed by atoms with van der Waals surface area (Å²) < 4.78 is 10.9. The zero-order chi connectivity index (χ0) is 23.0. The molecule has 4 aromatic rings. The second kappa shape index (κ2) is 12.0. The van der Waals surface area contributed by atoms with E-state index in [1.165, 1.54) is 6.07 Å². The van der Waals surface area contributed by atoms with Crippen LogP contribution in [-0.4, -0.2) is 12.1 Å². The fraction of sp³-hybridized carbons (Fsp3) is 0.0370. The number of rotatable bonds is 7. The van der Waals surface area contributed by atoms with Gasteiger partial charge in [0.05, 0.1) is 5.97 Å². The monoisotopic (exact) mass is 461 g/mol. The van der Waals surface area contributed by atoms with Gasteiger partial charge in [-0.25, -0.2) is 4.79 Å². The molecule has 0 bridgehead atoms. The molecule has 0 unspecified atom stereocenters. The number of hydrogen-bond acceptors (Lipinski definition) is 5. The summed E-state index contributed by atoms with van der Waals surface area (Å²) >= 11 is 0. The molecule has 0 heterocycles. The summed E-state index contributed by atoms with van der Waals surface area (Å²) in [6.45, 7) is 0.250. The van der Waals surface area contributed by atoms with Gasteiger partial charge < -0.3 is 19.4 Å². The molecule has 7 heteroatoms. The Bertz CT molecular complexity index is 1250. The van der Waals surface area contributed by atoms with E-state index in [-0.39, 0.29) is 47.5 Å². The molecular formula is C27H20NNaO5. The second-order valence-electron chi connectivity index (χ2n) is 7.18. The van der Waals surface area contributed by atoms with E-state index in [9.17, 15) is 14.7 Å². The SMILES string of the molecule is O=C(Nc1ccc(-c2ccc(OCc3ccccc3)c(C(=O)[O-])c2)cc1)Oc1ccccc1.[Na+]. The first-order chi connectivity index (χ1) is 16.1. The minimum Gasteiger partial charge on any atom is -0.545 e. The van der Waals surface area contributed by atoms with Crippen LogP contribution in [0.2, 0.25) is 0 Å². The van der Waals surface area contributed by atoms with Gasteiger partial charge in [-0.1, -0.05) is 66.7 Å². The maximum absolute atomic E-state index is 12.0. The van der Waals surface area contributed by atoms with Gasteiger partial charge >= 0.3 is 35.7 Å². The molecule has 0 aromatic heterocycles. The van der Waals surface area contributed by atoms with Gasteiger partial charge in [0.15, 0.2) is 0 Å². The molecule has 1 amide bonds. The van der Waals surface area contributed by atoms with E-state index >= 15 is 0 Å². The molecule has 0 aliphatic heterocycles. The van der Waals surface area contributed by atoms with Gasteiger partial charge in [-0.3, -0.25) is 5.32 Å². The van der Waals surface area contributed by atoms with Crippen molar-refractivity contribution in [3.05, 3.63) is 114 Å². The number of anilines is 1. The third kappa shape index (κ3) is 6.71. The summed E-state index contributed by atoms with van der Waals surface area (Å²) in [6.07, 6.45) is -0.604. The number of aromatic carboxylic acids is 1. The van der Waals surface area contributed by atoms with Crippen molar-refractivity contribution in [1.29, 1.82) is 0 Å². The number of nitrogens with one attached hydrogen (secondary N) is 1. The largest absolute Gasteiger partial charge is 1.00 e. The third-order valence-corrected chi connectivity index (χ3v) is 4.86. The second-order valence-corrected chi connectivity index (χ2v) is 7.18. The molecule has 0 aliphatic carbocycles. The standard InChI is InChI=1S/C27H21NO5.Na/c29-26(30)24-17-21(13-16-25(24)32-18-19-7-3-1-4-8-19)20-11-14-22(15-12-20)28-27(31)33-23-9-5-2-6-10-23;/h1-17H,18H2,(H,28,31)(H,29,30);/q;+1/p-1. The van der Waals surface area contributed by atoms with E-state index in [1.807, 2.05) is 36.4 Å². The molecule has 0 spiro atoms. The van der Waals surface area contributed by atoms with Crippen molar-refractivity contribution < 1.29 is 53.7 Å². The average molecular weight is 461 g/mol. The first kappa shape index (κ1) is 25.1. The number of carboxylic acid groups (broad SMARTS) is 1. The number of ether oxygens (including phenoxy) is 2. The Morgan fingerprint density at radius 1 is 0.765 bits per heavy atom. The van der Waals surface area contributed by atoms with Crippen LogP contribution in [-0.2, 0) is 6.61 Å². The summed E-state index contributed by atoms with van der Waals surface area (Å²) in [6, 6.07) is 30.1. The Kier molecular flexibility index (Phi) is 8.87. The Hall–Kier alpha value is -3.58. The minimum atomic E-state index is -1.32. The Labute approximate surface area is 219 Å². The minimum absolute atomic E-state index is 0. The Morgan fingerprint density at radius 3 is 2.03 bits per heavy atom. The maximum atomic E-state index is 12.0. The van der Waals surface area contributed by atoms with Crippen molar-refractivity contribution in [2.45, 2.75) is 6.61 Å². The normalized spacial score (nSPS) is 10.0. The van der Waals surface area contributed by atoms with Crippen LogP contribution in [0.15, 0.2) is 103 Å². The van der Waals surface area contributed by atoms with E-state index in [1.54, 1.807) is 60.7 Å². The quantitative estimate of drug-likeness (QED) is 0.425. The van der Waals surface area contributed by atoms with Crippen LogP contribution < -0.4 is 49.5 Å². The van der Waals surface area contributed by atoms with Crippen molar-refractivity contribution >= 4 is 17.7 Å². The molecule has 6 nitrogen and oxygen atoms in total. The van der Waals surface area contributed by atoms with Gasteiger partial charge in [0.25, 0.3) is 0 Å². The topological polar surface area (TPSA) is 87.7 Å². The van der Waals surface area contributed by atoms with E-state index < -0.39 is 12.1 Å². The number of hydrogen-bond donors (Lipinski definition) is 1. The number of amides is 1. The molecule has 0 aliphatic rings. The predicted octanol–water partition coefficient (Wildman–Crippen LogP) is 1.91. The Morgan fingerprint density at radius 2 is 1.38 bits per heavy atom. The van der Waals surface area contributed by atoms with Gasteiger partial charge in [0.1, 0.15) is 18.1 Å². The summed E-state index contributed by atoms with van der Waals surface area (Å²) in [5, 5.41) is 14.3. The van der Waals surface area contributed by atoms with Gasteiger partial charge in [-0.2, -0.15) is 0 Å². The number of para-hydroxylation sites is 1. The maximum Gasteiger partial charge on any atom is 1.00 e. The first-order valence-corrected chi connectivity index (χ1v) is 10.2. The molecule has 34 heavy (non-hydrogen) atoms. The van der Waals surface area contributed by atoms with Crippen LogP contribution in [0, 0.1) is 0 Å². The molecule has 0 atom stereocenters. The first-order valence-electron chi connectivity index (χ1n) is 10.2. The van der Waals surface area contributed by atoms with Crippen LogP contribution >= 0.6 is 0 Å². The molecular weight excluding hydrogens is 441 g/mol. The molecule has 1 N–H and O–H groups in total. The van der Waals surface area contributed by atoms with Crippen molar-refractivity contribution in [1.82, 2.24) is 0 Å². The molecule has 0 fully saturated rings. The van der Waals surface area contributed by atoms with E-state index in [4.69, 9.17) is 9.47 Å². The predicted molar refractivity (Wildman–Crippen MR) is 123 cm³/mol. The van der Waals surface area contributed by atoms with Gasteiger partial charge in [0.2, 0.25) is 0 Å². The molecule has 0 saturated carbocycles.